The monoisotopic (exact) mass is 703 g/mol. The Morgan fingerprint density at radius 1 is 0.388 bits per heavy atom. The van der Waals surface area contributed by atoms with Crippen molar-refractivity contribution in [3.63, 3.8) is 0 Å². The second kappa shape index (κ2) is 39.4. The highest BCUT2D eigenvalue weighted by molar-refractivity contribution is 5.27. The van der Waals surface area contributed by atoms with Gasteiger partial charge >= 0.3 is 0 Å². The molecule has 0 amide bonds. The average Bonchev–Trinajstić information content (AvgIpc) is 3.12. The van der Waals surface area contributed by atoms with Gasteiger partial charge in [-0.05, 0) is 37.6 Å². The fourth-order valence-electron chi connectivity index (χ4n) is 4.34. The van der Waals surface area contributed by atoms with Gasteiger partial charge in [-0.15, -0.1) is 0 Å². The van der Waals surface area contributed by atoms with Gasteiger partial charge in [-0.25, -0.2) is 0 Å². The molecule has 0 atom stereocenters. The molecule has 1 aromatic carbocycles. The number of unbranched alkanes of at least 4 members (excludes halogenated alkanes) is 5. The minimum atomic E-state index is 0.518. The third-order valence-electron chi connectivity index (χ3n) is 7.08. The summed E-state index contributed by atoms with van der Waals surface area (Å²) in [6.45, 7) is 14.5. The smallest absolute Gasteiger partial charge is 0.119 e. The molecule has 0 fully saturated rings. The highest BCUT2D eigenvalue weighted by atomic mass is 16.6. The number of benzene rings is 1. The standard InChI is InChI=1S/C37H69NO11/c1-3-4-5-6-7-8-9-36-10-12-37(13-11-36)49-35-34-48-33-32-47-31-30-46-29-28-45-27-26-44-25-24-43-23-22-42-21-20-41-19-18-40-17-16-39-15-14-38-2/h10-13,38H,3-9,14-35H2,1-2H3. The van der Waals surface area contributed by atoms with E-state index in [4.69, 9.17) is 52.1 Å². The van der Waals surface area contributed by atoms with Crippen molar-refractivity contribution in [2.75, 3.05) is 152 Å². The number of hydrogen-bond acceptors (Lipinski definition) is 12. The SMILES string of the molecule is CCCCCCCCc1ccc(OCCOCCOCCOCCOCCOCCOCCOCCOCCOCCOCCNC)cc1. The maximum atomic E-state index is 5.77. The fourth-order valence-corrected chi connectivity index (χ4v) is 4.34. The summed E-state index contributed by atoms with van der Waals surface area (Å²) in [5, 5.41) is 3.02. The van der Waals surface area contributed by atoms with E-state index in [1.807, 2.05) is 7.05 Å². The van der Waals surface area contributed by atoms with E-state index >= 15 is 0 Å². The molecular formula is C37H69NO11. The van der Waals surface area contributed by atoms with Crippen molar-refractivity contribution in [1.29, 1.82) is 0 Å². The van der Waals surface area contributed by atoms with Crippen molar-refractivity contribution in [3.05, 3.63) is 29.8 Å². The van der Waals surface area contributed by atoms with Gasteiger partial charge in [0.2, 0.25) is 0 Å². The summed E-state index contributed by atoms with van der Waals surface area (Å²) >= 11 is 0. The Labute approximate surface area is 297 Å². The van der Waals surface area contributed by atoms with Crippen molar-refractivity contribution in [2.45, 2.75) is 51.9 Å². The predicted molar refractivity (Wildman–Crippen MR) is 191 cm³/mol. The molecule has 1 N–H and O–H groups in total. The third kappa shape index (κ3) is 34.8. The summed E-state index contributed by atoms with van der Waals surface area (Å²) in [4.78, 5) is 0. The van der Waals surface area contributed by atoms with Crippen LogP contribution in [0.1, 0.15) is 51.0 Å². The highest BCUT2D eigenvalue weighted by Crippen LogP contribution is 2.15. The lowest BCUT2D eigenvalue weighted by Gasteiger charge is -2.09. The zero-order chi connectivity index (χ0) is 35.0. The number of nitrogens with one attached hydrogen (secondary N) is 1. The second-order valence-electron chi connectivity index (χ2n) is 11.2. The van der Waals surface area contributed by atoms with Gasteiger partial charge < -0.3 is 57.4 Å². The predicted octanol–water partition coefficient (Wildman–Crippen LogP) is 4.35. The van der Waals surface area contributed by atoms with E-state index in [1.165, 1.54) is 44.1 Å². The molecule has 0 unspecified atom stereocenters. The lowest BCUT2D eigenvalue weighted by Crippen LogP contribution is -2.17. The van der Waals surface area contributed by atoms with Crippen LogP contribution in [0.5, 0.6) is 5.75 Å². The molecule has 0 heterocycles. The Kier molecular flexibility index (Phi) is 36.6. The van der Waals surface area contributed by atoms with Crippen LogP contribution in [0.25, 0.3) is 0 Å². The fraction of sp³-hybridized carbons (Fsp3) is 0.838. The molecule has 12 nitrogen and oxygen atoms in total. The molecule has 0 aliphatic rings. The van der Waals surface area contributed by atoms with Crippen LogP contribution < -0.4 is 10.1 Å². The normalized spacial score (nSPS) is 11.5. The van der Waals surface area contributed by atoms with E-state index in [0.29, 0.717) is 139 Å². The second-order valence-corrected chi connectivity index (χ2v) is 11.2. The Bertz CT molecular complexity index is 760. The van der Waals surface area contributed by atoms with Crippen LogP contribution in [0.4, 0.5) is 0 Å². The summed E-state index contributed by atoms with van der Waals surface area (Å²) < 4.78 is 60.6. The van der Waals surface area contributed by atoms with E-state index in [-0.39, 0.29) is 0 Å². The minimum absolute atomic E-state index is 0.518. The average molecular weight is 704 g/mol. The molecular weight excluding hydrogens is 634 g/mol. The van der Waals surface area contributed by atoms with Crippen molar-refractivity contribution in [2.24, 2.45) is 0 Å². The summed E-state index contributed by atoms with van der Waals surface area (Å²) in [6, 6.07) is 8.44. The summed E-state index contributed by atoms with van der Waals surface area (Å²) in [6.07, 6.45) is 9.10. The molecule has 0 aliphatic heterocycles. The lowest BCUT2D eigenvalue weighted by molar-refractivity contribution is -0.0266. The topological polar surface area (TPSA) is 114 Å². The van der Waals surface area contributed by atoms with Crippen molar-refractivity contribution in [1.82, 2.24) is 5.32 Å². The summed E-state index contributed by atoms with van der Waals surface area (Å²) in [5.74, 6) is 0.887. The molecule has 0 aromatic heterocycles. The van der Waals surface area contributed by atoms with E-state index in [2.05, 4.69) is 36.5 Å². The molecule has 1 rings (SSSR count). The number of likely N-dealkylation sites (N-methyl/N-ethyl adjacent to an activating group) is 1. The van der Waals surface area contributed by atoms with Crippen LogP contribution in [0.15, 0.2) is 24.3 Å². The highest BCUT2D eigenvalue weighted by Gasteiger charge is 1.99. The summed E-state index contributed by atoms with van der Waals surface area (Å²) in [5.41, 5.74) is 1.38. The van der Waals surface area contributed by atoms with Gasteiger partial charge in [0.05, 0.1) is 132 Å². The molecule has 0 spiro atoms. The van der Waals surface area contributed by atoms with Crippen molar-refractivity contribution in [3.8, 4) is 5.75 Å². The van der Waals surface area contributed by atoms with Gasteiger partial charge in [0.1, 0.15) is 12.4 Å². The van der Waals surface area contributed by atoms with Crippen LogP contribution >= 0.6 is 0 Å². The number of ether oxygens (including phenoxy) is 11. The maximum absolute atomic E-state index is 5.77. The molecule has 49 heavy (non-hydrogen) atoms. The van der Waals surface area contributed by atoms with Gasteiger partial charge in [0.25, 0.3) is 0 Å². The first-order valence-electron chi connectivity index (χ1n) is 18.5. The number of hydrogen-bond donors (Lipinski definition) is 1. The zero-order valence-electron chi connectivity index (χ0n) is 30.8. The number of rotatable bonds is 41. The van der Waals surface area contributed by atoms with E-state index in [0.717, 1.165) is 18.7 Å². The van der Waals surface area contributed by atoms with E-state index in [9.17, 15) is 0 Å². The van der Waals surface area contributed by atoms with Gasteiger partial charge in [0.15, 0.2) is 0 Å². The Morgan fingerprint density at radius 2 is 0.714 bits per heavy atom. The molecule has 0 saturated carbocycles. The Balaban J connectivity index is 1.69. The van der Waals surface area contributed by atoms with Crippen LogP contribution in [0.2, 0.25) is 0 Å². The molecule has 1 aromatic rings. The largest absolute Gasteiger partial charge is 0.491 e. The van der Waals surface area contributed by atoms with E-state index in [1.54, 1.807) is 0 Å². The first-order chi connectivity index (χ1) is 24.4. The quantitative estimate of drug-likeness (QED) is 0.0979. The van der Waals surface area contributed by atoms with Crippen molar-refractivity contribution >= 4 is 0 Å². The van der Waals surface area contributed by atoms with Gasteiger partial charge in [0, 0.05) is 6.54 Å². The van der Waals surface area contributed by atoms with Crippen LogP contribution in [-0.2, 0) is 53.8 Å². The van der Waals surface area contributed by atoms with Crippen LogP contribution in [-0.4, -0.2) is 152 Å². The maximum Gasteiger partial charge on any atom is 0.119 e. The molecule has 0 saturated heterocycles. The van der Waals surface area contributed by atoms with E-state index < -0.39 is 0 Å². The minimum Gasteiger partial charge on any atom is -0.491 e. The molecule has 12 heteroatoms. The number of aryl methyl sites for hydroxylation is 1. The Morgan fingerprint density at radius 3 is 1.08 bits per heavy atom. The summed E-state index contributed by atoms with van der Waals surface area (Å²) in [7, 11) is 1.90. The molecule has 0 aliphatic carbocycles. The van der Waals surface area contributed by atoms with Crippen LogP contribution in [0, 0.1) is 0 Å². The van der Waals surface area contributed by atoms with Crippen LogP contribution in [0.3, 0.4) is 0 Å². The van der Waals surface area contributed by atoms with Gasteiger partial charge in [-0.1, -0.05) is 51.2 Å². The molecule has 288 valence electrons. The van der Waals surface area contributed by atoms with Gasteiger partial charge in [-0.2, -0.15) is 0 Å². The molecule has 0 radical (unpaired) electrons. The Hall–Kier alpha value is -1.42. The lowest BCUT2D eigenvalue weighted by atomic mass is 10.0. The third-order valence-corrected chi connectivity index (χ3v) is 7.08. The first kappa shape index (κ1) is 45.6. The molecule has 0 bridgehead atoms. The van der Waals surface area contributed by atoms with Gasteiger partial charge in [-0.3, -0.25) is 0 Å². The first-order valence-corrected chi connectivity index (χ1v) is 18.5. The van der Waals surface area contributed by atoms with Crippen molar-refractivity contribution < 1.29 is 52.1 Å². The zero-order valence-corrected chi connectivity index (χ0v) is 30.8.